The van der Waals surface area contributed by atoms with Crippen LogP contribution in [-0.4, -0.2) is 60.9 Å². The Bertz CT molecular complexity index is 1080. The minimum absolute atomic E-state index is 0.106. The van der Waals surface area contributed by atoms with Gasteiger partial charge >= 0.3 is 0 Å². The summed E-state index contributed by atoms with van der Waals surface area (Å²) in [6, 6.07) is 15.4. The number of carbonyl (C=O) groups excluding carboxylic acids is 2. The van der Waals surface area contributed by atoms with Crippen molar-refractivity contribution in [2.45, 2.75) is 6.04 Å². The summed E-state index contributed by atoms with van der Waals surface area (Å²) in [7, 11) is 0. The summed E-state index contributed by atoms with van der Waals surface area (Å²) in [6.07, 6.45) is 0. The standard InChI is InChI=1S/C25H26F2N4O2S/c26-19-5-3-18(4-6-19)25(22-2-1-15-34-22)29-24(33)17-31-13-11-30(12-14-31)16-23(32)28-21-9-7-20(27)8-10-21/h1-10,15,25H,11-14,16-17H2,(H,28,32)(H,29,33)/t25-/m0/s1. The molecular formula is C25H26F2N4O2S. The van der Waals surface area contributed by atoms with Crippen LogP contribution in [-0.2, 0) is 9.59 Å². The molecule has 0 spiro atoms. The lowest BCUT2D eigenvalue weighted by Crippen LogP contribution is -2.51. The summed E-state index contributed by atoms with van der Waals surface area (Å²) in [5, 5.41) is 7.79. The number of thiophene rings is 1. The van der Waals surface area contributed by atoms with Crippen LogP contribution in [0, 0.1) is 11.6 Å². The third-order valence-corrected chi connectivity index (χ3v) is 6.60. The van der Waals surface area contributed by atoms with Crippen molar-refractivity contribution in [2.24, 2.45) is 0 Å². The molecule has 0 aliphatic carbocycles. The highest BCUT2D eigenvalue weighted by Crippen LogP contribution is 2.26. The molecule has 0 unspecified atom stereocenters. The van der Waals surface area contributed by atoms with Crippen LogP contribution in [0.2, 0.25) is 0 Å². The van der Waals surface area contributed by atoms with Gasteiger partial charge in [0.2, 0.25) is 11.8 Å². The second-order valence-electron chi connectivity index (χ2n) is 8.17. The zero-order chi connectivity index (χ0) is 23.9. The molecule has 178 valence electrons. The highest BCUT2D eigenvalue weighted by atomic mass is 32.1. The Kier molecular flexibility index (Phi) is 7.99. The minimum Gasteiger partial charge on any atom is -0.343 e. The van der Waals surface area contributed by atoms with Crippen molar-refractivity contribution in [3.05, 3.63) is 88.1 Å². The normalized spacial score (nSPS) is 15.6. The van der Waals surface area contributed by atoms with E-state index in [-0.39, 0.29) is 42.6 Å². The first-order valence-corrected chi connectivity index (χ1v) is 11.9. The van der Waals surface area contributed by atoms with E-state index < -0.39 is 0 Å². The van der Waals surface area contributed by atoms with E-state index in [0.29, 0.717) is 31.9 Å². The first kappa shape index (κ1) is 24.0. The SMILES string of the molecule is O=C(CN1CCN(CC(=O)N[C@@H](c2ccc(F)cc2)c2cccs2)CC1)Nc1ccc(F)cc1. The van der Waals surface area contributed by atoms with Gasteiger partial charge in [-0.2, -0.15) is 0 Å². The van der Waals surface area contributed by atoms with E-state index in [1.54, 1.807) is 23.5 Å². The first-order chi connectivity index (χ1) is 16.5. The maximum Gasteiger partial charge on any atom is 0.238 e. The Labute approximate surface area is 201 Å². The van der Waals surface area contributed by atoms with E-state index in [1.165, 1.54) is 36.4 Å². The molecule has 34 heavy (non-hydrogen) atoms. The van der Waals surface area contributed by atoms with Gasteiger partial charge in [0.25, 0.3) is 0 Å². The number of amides is 2. The third kappa shape index (κ3) is 6.69. The highest BCUT2D eigenvalue weighted by Gasteiger charge is 2.23. The fourth-order valence-electron chi connectivity index (χ4n) is 3.88. The quantitative estimate of drug-likeness (QED) is 0.514. The highest BCUT2D eigenvalue weighted by molar-refractivity contribution is 7.10. The Hall–Kier alpha value is -3.14. The van der Waals surface area contributed by atoms with Crippen molar-refractivity contribution < 1.29 is 18.4 Å². The lowest BCUT2D eigenvalue weighted by Gasteiger charge is -2.34. The number of hydrogen-bond donors (Lipinski definition) is 2. The van der Waals surface area contributed by atoms with Crippen molar-refractivity contribution in [1.82, 2.24) is 15.1 Å². The number of anilines is 1. The van der Waals surface area contributed by atoms with Crippen molar-refractivity contribution >= 4 is 28.8 Å². The largest absolute Gasteiger partial charge is 0.343 e. The van der Waals surface area contributed by atoms with E-state index in [0.717, 1.165) is 10.4 Å². The predicted octanol–water partition coefficient (Wildman–Crippen LogP) is 3.49. The van der Waals surface area contributed by atoms with Crippen LogP contribution in [0.3, 0.4) is 0 Å². The average molecular weight is 485 g/mol. The molecule has 3 aromatic rings. The Morgan fingerprint density at radius 2 is 1.38 bits per heavy atom. The molecule has 1 aliphatic rings. The van der Waals surface area contributed by atoms with Gasteiger partial charge in [0.15, 0.2) is 0 Å². The van der Waals surface area contributed by atoms with Gasteiger partial charge in [0.05, 0.1) is 19.1 Å². The fourth-order valence-corrected chi connectivity index (χ4v) is 4.68. The van der Waals surface area contributed by atoms with Crippen molar-refractivity contribution in [3.8, 4) is 0 Å². The van der Waals surface area contributed by atoms with Crippen LogP contribution >= 0.6 is 11.3 Å². The van der Waals surface area contributed by atoms with Gasteiger partial charge in [-0.3, -0.25) is 19.4 Å². The van der Waals surface area contributed by atoms with Gasteiger partial charge in [0.1, 0.15) is 11.6 Å². The topological polar surface area (TPSA) is 64.7 Å². The predicted molar refractivity (Wildman–Crippen MR) is 129 cm³/mol. The number of benzene rings is 2. The van der Waals surface area contributed by atoms with Crippen molar-refractivity contribution in [3.63, 3.8) is 0 Å². The molecule has 1 aromatic heterocycles. The molecule has 2 heterocycles. The maximum absolute atomic E-state index is 13.4. The number of carbonyl (C=O) groups is 2. The van der Waals surface area contributed by atoms with E-state index in [2.05, 4.69) is 15.5 Å². The number of nitrogens with one attached hydrogen (secondary N) is 2. The lowest BCUT2D eigenvalue weighted by molar-refractivity contribution is -0.124. The molecule has 1 atom stereocenters. The number of halogens is 2. The van der Waals surface area contributed by atoms with Gasteiger partial charge in [-0.15, -0.1) is 11.3 Å². The van der Waals surface area contributed by atoms with E-state index in [1.807, 2.05) is 22.4 Å². The molecule has 2 amide bonds. The van der Waals surface area contributed by atoms with Crippen LogP contribution in [0.5, 0.6) is 0 Å². The minimum atomic E-state index is -0.350. The van der Waals surface area contributed by atoms with Crippen molar-refractivity contribution in [2.75, 3.05) is 44.6 Å². The monoisotopic (exact) mass is 484 g/mol. The number of nitrogens with zero attached hydrogens (tertiary/aromatic N) is 2. The zero-order valence-electron chi connectivity index (χ0n) is 18.5. The molecule has 0 radical (unpaired) electrons. The summed E-state index contributed by atoms with van der Waals surface area (Å²) in [6.45, 7) is 3.14. The maximum atomic E-state index is 13.4. The van der Waals surface area contributed by atoms with E-state index in [9.17, 15) is 18.4 Å². The number of piperazine rings is 1. The molecule has 1 saturated heterocycles. The number of hydrogen-bond acceptors (Lipinski definition) is 5. The van der Waals surface area contributed by atoms with Crippen LogP contribution in [0.4, 0.5) is 14.5 Å². The molecular weight excluding hydrogens is 458 g/mol. The van der Waals surface area contributed by atoms with Crippen LogP contribution in [0.25, 0.3) is 0 Å². The molecule has 6 nitrogen and oxygen atoms in total. The molecule has 0 saturated carbocycles. The molecule has 4 rings (SSSR count). The third-order valence-electron chi connectivity index (χ3n) is 5.66. The second-order valence-corrected chi connectivity index (χ2v) is 9.15. The van der Waals surface area contributed by atoms with Gasteiger partial charge in [-0.05, 0) is 53.4 Å². The summed E-state index contributed by atoms with van der Waals surface area (Å²) in [5.41, 5.74) is 1.39. The molecule has 2 aromatic carbocycles. The average Bonchev–Trinajstić information content (AvgIpc) is 3.36. The van der Waals surface area contributed by atoms with Gasteiger partial charge in [-0.25, -0.2) is 8.78 Å². The Morgan fingerprint density at radius 1 is 0.824 bits per heavy atom. The summed E-state index contributed by atoms with van der Waals surface area (Å²) >= 11 is 1.54. The van der Waals surface area contributed by atoms with E-state index >= 15 is 0 Å². The molecule has 1 fully saturated rings. The first-order valence-electron chi connectivity index (χ1n) is 11.0. The smallest absolute Gasteiger partial charge is 0.238 e. The molecule has 1 aliphatic heterocycles. The van der Waals surface area contributed by atoms with Gasteiger partial charge in [0, 0.05) is 36.7 Å². The van der Waals surface area contributed by atoms with E-state index in [4.69, 9.17) is 0 Å². The second kappa shape index (κ2) is 11.3. The van der Waals surface area contributed by atoms with Gasteiger partial charge in [-0.1, -0.05) is 18.2 Å². The van der Waals surface area contributed by atoms with Crippen LogP contribution < -0.4 is 10.6 Å². The summed E-state index contributed by atoms with van der Waals surface area (Å²) < 4.78 is 26.4. The number of rotatable bonds is 8. The van der Waals surface area contributed by atoms with Crippen LogP contribution in [0.1, 0.15) is 16.5 Å². The lowest BCUT2D eigenvalue weighted by atomic mass is 10.1. The molecule has 2 N–H and O–H groups in total. The summed E-state index contributed by atoms with van der Waals surface area (Å²) in [4.78, 5) is 30.2. The molecule has 9 heteroatoms. The molecule has 0 bridgehead atoms. The summed E-state index contributed by atoms with van der Waals surface area (Å²) in [5.74, 6) is -0.928. The fraction of sp³-hybridized carbons (Fsp3) is 0.280. The van der Waals surface area contributed by atoms with Gasteiger partial charge < -0.3 is 10.6 Å². The zero-order valence-corrected chi connectivity index (χ0v) is 19.4. The Balaban J connectivity index is 1.25. The Morgan fingerprint density at radius 3 is 1.94 bits per heavy atom. The van der Waals surface area contributed by atoms with Crippen molar-refractivity contribution in [1.29, 1.82) is 0 Å². The van der Waals surface area contributed by atoms with Crippen LogP contribution in [0.15, 0.2) is 66.0 Å².